The van der Waals surface area contributed by atoms with Crippen LogP contribution >= 0.6 is 27.3 Å². The minimum atomic E-state index is -0.416. The average Bonchev–Trinajstić information content (AvgIpc) is 3.29. The maximum absolute atomic E-state index is 13.4. The van der Waals surface area contributed by atoms with Crippen molar-refractivity contribution in [3.63, 3.8) is 0 Å². The van der Waals surface area contributed by atoms with Gasteiger partial charge in [-0.05, 0) is 43.3 Å². The summed E-state index contributed by atoms with van der Waals surface area (Å²) in [6.07, 6.45) is 0.197. The van der Waals surface area contributed by atoms with Crippen molar-refractivity contribution in [2.75, 3.05) is 16.3 Å². The second-order valence-electron chi connectivity index (χ2n) is 6.66. The summed E-state index contributed by atoms with van der Waals surface area (Å²) in [5.74, 6) is -0.557. The number of aryl methyl sites for hydroxylation is 1. The second-order valence-corrected chi connectivity index (χ2v) is 8.41. The molecule has 0 radical (unpaired) electrons. The first-order valence-electron chi connectivity index (χ1n) is 8.90. The molecule has 4 rings (SSSR count). The van der Waals surface area contributed by atoms with Gasteiger partial charge in [-0.1, -0.05) is 34.1 Å². The van der Waals surface area contributed by atoms with Crippen LogP contribution in [0.4, 0.5) is 16.5 Å². The van der Waals surface area contributed by atoms with Gasteiger partial charge in [0, 0.05) is 28.5 Å². The Balaban J connectivity index is 1.62. The van der Waals surface area contributed by atoms with Crippen molar-refractivity contribution in [2.45, 2.75) is 13.3 Å². The summed E-state index contributed by atoms with van der Waals surface area (Å²) < 4.78 is 0.949. The van der Waals surface area contributed by atoms with E-state index in [1.807, 2.05) is 66.9 Å². The molecule has 1 aliphatic heterocycles. The SMILES string of the molecule is Cc1csc(N(C(=O)C2CC(=O)N(c3ccc(Br)cc3)C2)c2ccccc2)n1. The Morgan fingerprint density at radius 1 is 1.18 bits per heavy atom. The third-order valence-corrected chi connectivity index (χ3v) is 6.12. The summed E-state index contributed by atoms with van der Waals surface area (Å²) in [4.78, 5) is 33.9. The van der Waals surface area contributed by atoms with E-state index in [0.717, 1.165) is 21.5 Å². The highest BCUT2D eigenvalue weighted by molar-refractivity contribution is 9.10. The Labute approximate surface area is 175 Å². The zero-order valence-corrected chi connectivity index (χ0v) is 17.6. The van der Waals surface area contributed by atoms with Crippen LogP contribution in [0, 0.1) is 12.8 Å². The van der Waals surface area contributed by atoms with Crippen molar-refractivity contribution < 1.29 is 9.59 Å². The molecule has 1 unspecified atom stereocenters. The minimum Gasteiger partial charge on any atom is -0.312 e. The number of carbonyl (C=O) groups excluding carboxylic acids is 2. The number of anilines is 3. The number of amides is 2. The lowest BCUT2D eigenvalue weighted by Gasteiger charge is -2.23. The zero-order valence-electron chi connectivity index (χ0n) is 15.2. The van der Waals surface area contributed by atoms with E-state index in [1.54, 1.807) is 9.80 Å². The first kappa shape index (κ1) is 18.8. The van der Waals surface area contributed by atoms with E-state index >= 15 is 0 Å². The van der Waals surface area contributed by atoms with Crippen LogP contribution in [0.3, 0.4) is 0 Å². The van der Waals surface area contributed by atoms with Gasteiger partial charge in [-0.25, -0.2) is 4.98 Å². The van der Waals surface area contributed by atoms with Gasteiger partial charge in [0.15, 0.2) is 5.13 Å². The number of hydrogen-bond donors (Lipinski definition) is 0. The van der Waals surface area contributed by atoms with Crippen LogP contribution in [0.15, 0.2) is 64.5 Å². The van der Waals surface area contributed by atoms with E-state index < -0.39 is 5.92 Å². The molecule has 0 bridgehead atoms. The molecule has 1 aliphatic rings. The summed E-state index contributed by atoms with van der Waals surface area (Å²) in [6, 6.07) is 17.0. The number of para-hydroxylation sites is 1. The van der Waals surface area contributed by atoms with Gasteiger partial charge in [-0.2, -0.15) is 0 Å². The topological polar surface area (TPSA) is 53.5 Å². The van der Waals surface area contributed by atoms with Crippen LogP contribution in [0.5, 0.6) is 0 Å². The highest BCUT2D eigenvalue weighted by Crippen LogP contribution is 2.33. The van der Waals surface area contributed by atoms with Crippen LogP contribution in [0.25, 0.3) is 0 Å². The molecule has 2 heterocycles. The molecule has 5 nitrogen and oxygen atoms in total. The van der Waals surface area contributed by atoms with Gasteiger partial charge in [0.25, 0.3) is 0 Å². The summed E-state index contributed by atoms with van der Waals surface area (Å²) in [5, 5.41) is 2.55. The lowest BCUT2D eigenvalue weighted by atomic mass is 10.1. The summed E-state index contributed by atoms with van der Waals surface area (Å²) >= 11 is 4.84. The number of nitrogens with zero attached hydrogens (tertiary/aromatic N) is 3. The first-order valence-corrected chi connectivity index (χ1v) is 10.6. The normalized spacial score (nSPS) is 16.4. The minimum absolute atomic E-state index is 0.0380. The third kappa shape index (κ3) is 3.72. The van der Waals surface area contributed by atoms with Gasteiger partial charge >= 0.3 is 0 Å². The van der Waals surface area contributed by atoms with Crippen LogP contribution in [0.2, 0.25) is 0 Å². The summed E-state index contributed by atoms with van der Waals surface area (Å²) in [6.45, 7) is 2.27. The van der Waals surface area contributed by atoms with Crippen molar-refractivity contribution in [2.24, 2.45) is 5.92 Å². The molecule has 1 atom stereocenters. The standard InChI is InChI=1S/C21H18BrN3O2S/c1-14-13-28-21(23-14)25(18-5-3-2-4-6-18)20(27)15-11-19(26)24(12-15)17-9-7-16(22)8-10-17/h2-10,13,15H,11-12H2,1H3. The molecule has 0 N–H and O–H groups in total. The average molecular weight is 456 g/mol. The van der Waals surface area contributed by atoms with Gasteiger partial charge < -0.3 is 4.90 Å². The predicted octanol–water partition coefficient (Wildman–Crippen LogP) is 4.93. The van der Waals surface area contributed by atoms with Crippen molar-refractivity contribution >= 4 is 55.6 Å². The molecule has 1 fully saturated rings. The molecule has 1 aromatic heterocycles. The molecular weight excluding hydrogens is 438 g/mol. The maximum Gasteiger partial charge on any atom is 0.238 e. The molecule has 1 saturated heterocycles. The fourth-order valence-corrected chi connectivity index (χ4v) is 4.37. The lowest BCUT2D eigenvalue weighted by Crippen LogP contribution is -2.34. The van der Waals surface area contributed by atoms with E-state index in [9.17, 15) is 9.59 Å². The van der Waals surface area contributed by atoms with Crippen molar-refractivity contribution in [1.29, 1.82) is 0 Å². The van der Waals surface area contributed by atoms with Crippen molar-refractivity contribution in [1.82, 2.24) is 4.98 Å². The van der Waals surface area contributed by atoms with Gasteiger partial charge in [0.05, 0.1) is 17.3 Å². The highest BCUT2D eigenvalue weighted by Gasteiger charge is 2.38. The number of rotatable bonds is 4. The van der Waals surface area contributed by atoms with Gasteiger partial charge in [-0.15, -0.1) is 11.3 Å². The second kappa shape index (κ2) is 7.85. The maximum atomic E-state index is 13.4. The Morgan fingerprint density at radius 3 is 2.54 bits per heavy atom. The third-order valence-electron chi connectivity index (χ3n) is 4.65. The molecule has 0 saturated carbocycles. The Morgan fingerprint density at radius 2 is 1.89 bits per heavy atom. The van der Waals surface area contributed by atoms with E-state index in [4.69, 9.17) is 0 Å². The fourth-order valence-electron chi connectivity index (χ4n) is 3.28. The lowest BCUT2D eigenvalue weighted by molar-refractivity contribution is -0.123. The van der Waals surface area contributed by atoms with E-state index in [-0.39, 0.29) is 18.2 Å². The highest BCUT2D eigenvalue weighted by atomic mass is 79.9. The van der Waals surface area contributed by atoms with Crippen LogP contribution in [-0.4, -0.2) is 23.3 Å². The van der Waals surface area contributed by atoms with Crippen LogP contribution in [-0.2, 0) is 9.59 Å². The number of aromatic nitrogens is 1. The monoisotopic (exact) mass is 455 g/mol. The number of halogens is 1. The molecule has 28 heavy (non-hydrogen) atoms. The number of benzene rings is 2. The Bertz CT molecular complexity index is 1000. The number of carbonyl (C=O) groups is 2. The van der Waals surface area contributed by atoms with Gasteiger partial charge in [0.2, 0.25) is 11.8 Å². The largest absolute Gasteiger partial charge is 0.312 e. The number of thiazole rings is 1. The summed E-state index contributed by atoms with van der Waals surface area (Å²) in [5.41, 5.74) is 2.43. The molecule has 142 valence electrons. The van der Waals surface area contributed by atoms with Crippen molar-refractivity contribution in [3.05, 3.63) is 70.1 Å². The smallest absolute Gasteiger partial charge is 0.238 e. The molecule has 0 spiro atoms. The summed E-state index contributed by atoms with van der Waals surface area (Å²) in [7, 11) is 0. The molecule has 0 aliphatic carbocycles. The first-order chi connectivity index (χ1) is 13.5. The zero-order chi connectivity index (χ0) is 19.7. The quantitative estimate of drug-likeness (QED) is 0.560. The molecular formula is C21H18BrN3O2S. The van der Waals surface area contributed by atoms with Crippen LogP contribution in [0.1, 0.15) is 12.1 Å². The molecule has 3 aromatic rings. The Kier molecular flexibility index (Phi) is 5.28. The molecule has 7 heteroatoms. The predicted molar refractivity (Wildman–Crippen MR) is 115 cm³/mol. The van der Waals surface area contributed by atoms with Gasteiger partial charge in [-0.3, -0.25) is 14.5 Å². The van der Waals surface area contributed by atoms with Gasteiger partial charge in [0.1, 0.15) is 0 Å². The van der Waals surface area contributed by atoms with Crippen LogP contribution < -0.4 is 9.80 Å². The molecule has 2 amide bonds. The van der Waals surface area contributed by atoms with E-state index in [2.05, 4.69) is 20.9 Å². The van der Waals surface area contributed by atoms with Crippen molar-refractivity contribution in [3.8, 4) is 0 Å². The molecule has 2 aromatic carbocycles. The van der Waals surface area contributed by atoms with E-state index in [0.29, 0.717) is 11.7 Å². The van der Waals surface area contributed by atoms with E-state index in [1.165, 1.54) is 11.3 Å². The fraction of sp³-hybridized carbons (Fsp3) is 0.190. The number of hydrogen-bond acceptors (Lipinski definition) is 4. The Hall–Kier alpha value is -2.51.